The van der Waals surface area contributed by atoms with Crippen LogP contribution < -0.4 is 27.0 Å². The van der Waals surface area contributed by atoms with Crippen LogP contribution in [0.5, 0.6) is 11.5 Å². The van der Waals surface area contributed by atoms with Gasteiger partial charge in [0, 0.05) is 31.9 Å². The fourth-order valence-electron chi connectivity index (χ4n) is 9.27. The Bertz CT molecular complexity index is 886. The highest BCUT2D eigenvalue weighted by Gasteiger charge is 2.60. The van der Waals surface area contributed by atoms with Crippen molar-refractivity contribution in [3.05, 3.63) is 18.2 Å². The monoisotopic (exact) mass is 742 g/mol. The average molecular weight is 744 g/mol. The number of aromatic hydroxyl groups is 1. The van der Waals surface area contributed by atoms with E-state index in [2.05, 4.69) is 12.1 Å². The van der Waals surface area contributed by atoms with Crippen molar-refractivity contribution >= 4 is 21.4 Å². The van der Waals surface area contributed by atoms with Crippen molar-refractivity contribution in [1.82, 2.24) is 0 Å². The summed E-state index contributed by atoms with van der Waals surface area (Å²) in [5, 5.41) is 12.5. The third kappa shape index (κ3) is 10.9. The Morgan fingerprint density at radius 2 is 1.07 bits per heavy atom. The number of hydrogen-bond acceptors (Lipinski definition) is 5. The Hall–Kier alpha value is -0.173. The zero-order valence-corrected chi connectivity index (χ0v) is 33.2. The van der Waals surface area contributed by atoms with Gasteiger partial charge in [-0.1, -0.05) is 44.9 Å². The van der Waals surface area contributed by atoms with E-state index in [1.807, 2.05) is 26.8 Å². The highest BCUT2D eigenvalue weighted by molar-refractivity contribution is 7.85. The summed E-state index contributed by atoms with van der Waals surface area (Å²) >= 11 is 0. The van der Waals surface area contributed by atoms with E-state index in [4.69, 9.17) is 18.0 Å². The predicted molar refractivity (Wildman–Crippen MR) is 194 cm³/mol. The van der Waals surface area contributed by atoms with Crippen LogP contribution in [0.1, 0.15) is 156 Å². The number of phenolic OH excluding ortho intramolecular Hbond substituents is 1. The van der Waals surface area contributed by atoms with Gasteiger partial charge in [0.1, 0.15) is 11.1 Å². The molecule has 1 N–H and O–H groups in total. The molecule has 3 aliphatic carbocycles. The Morgan fingerprint density at radius 3 is 1.52 bits per heavy atom. The minimum atomic E-state index is -2.51. The maximum atomic E-state index is 11.0. The molecule has 1 aromatic carbocycles. The quantitative estimate of drug-likeness (QED) is 0.0840. The van der Waals surface area contributed by atoms with E-state index in [1.54, 1.807) is 0 Å². The van der Waals surface area contributed by atoms with Crippen molar-refractivity contribution in [3.8, 4) is 11.5 Å². The largest absolute Gasteiger partial charge is 1.00 e. The fraction of sp³-hybridized carbons (Fsp3) is 0.842. The summed E-state index contributed by atoms with van der Waals surface area (Å²) in [5.41, 5.74) is 2.49. The van der Waals surface area contributed by atoms with E-state index < -0.39 is 16.1 Å². The topological polar surface area (TPSA) is 57.2 Å². The van der Waals surface area contributed by atoms with Gasteiger partial charge in [0.2, 0.25) is 0 Å². The molecule has 8 heteroatoms. The Labute approximate surface area is 295 Å². The summed E-state index contributed by atoms with van der Waals surface area (Å²) in [6.45, 7) is 8.85. The van der Waals surface area contributed by atoms with Crippen molar-refractivity contribution < 1.29 is 40.1 Å². The maximum Gasteiger partial charge on any atom is 0.500 e. The molecule has 0 atom stereocenters. The molecule has 0 radical (unpaired) electrons. The second-order valence-corrected chi connectivity index (χ2v) is 21.1. The van der Waals surface area contributed by atoms with Crippen LogP contribution in [0.25, 0.3) is 0 Å². The number of benzene rings is 1. The molecule has 0 amide bonds. The van der Waals surface area contributed by atoms with Crippen LogP contribution in [0.4, 0.5) is 0 Å². The number of halogens is 1. The summed E-state index contributed by atoms with van der Waals surface area (Å²) in [6.07, 6.45) is 28.1. The minimum Gasteiger partial charge on any atom is -1.00 e. The predicted octanol–water partition coefficient (Wildman–Crippen LogP) is 7.81. The van der Waals surface area contributed by atoms with Crippen LogP contribution in [-0.4, -0.2) is 57.3 Å². The molecule has 3 aliphatic rings. The summed E-state index contributed by atoms with van der Waals surface area (Å²) in [4.78, 5) is 0. The molecule has 266 valence electrons. The molecule has 46 heavy (non-hydrogen) atoms. The van der Waals surface area contributed by atoms with E-state index >= 15 is 0 Å². The number of hydrogen-bond donors (Lipinski definition) is 1. The van der Waals surface area contributed by atoms with E-state index in [-0.39, 0.29) is 17.0 Å². The lowest BCUT2D eigenvalue weighted by Gasteiger charge is -2.49. The van der Waals surface area contributed by atoms with Gasteiger partial charge in [0.05, 0.1) is 30.8 Å². The second kappa shape index (κ2) is 21.8. The first-order valence-electron chi connectivity index (χ1n) is 19.4. The van der Waals surface area contributed by atoms with Gasteiger partial charge < -0.3 is 40.1 Å². The molecule has 0 unspecified atom stereocenters. The van der Waals surface area contributed by atoms with Gasteiger partial charge >= 0.3 is 8.80 Å². The van der Waals surface area contributed by atoms with Crippen LogP contribution in [0.15, 0.2) is 18.2 Å². The van der Waals surface area contributed by atoms with Gasteiger partial charge in [-0.25, -0.2) is 0 Å². The molecule has 0 saturated heterocycles. The summed E-state index contributed by atoms with van der Waals surface area (Å²) in [7, 11) is -4.07. The van der Waals surface area contributed by atoms with Gasteiger partial charge in [-0.3, -0.25) is 0 Å². The van der Waals surface area contributed by atoms with Gasteiger partial charge in [0.15, 0.2) is 5.75 Å². The van der Waals surface area contributed by atoms with Crippen LogP contribution in [0.2, 0.25) is 6.04 Å². The summed E-state index contributed by atoms with van der Waals surface area (Å²) < 4.78 is 24.9. The van der Waals surface area contributed by atoms with Gasteiger partial charge in [0.25, 0.3) is 0 Å². The third-order valence-electron chi connectivity index (χ3n) is 11.1. The molecule has 0 heterocycles. The second-order valence-electron chi connectivity index (χ2n) is 14.1. The maximum absolute atomic E-state index is 11.0. The fourth-order valence-corrected chi connectivity index (χ4v) is 19.5. The van der Waals surface area contributed by atoms with Gasteiger partial charge in [-0.2, -0.15) is 0 Å². The summed E-state index contributed by atoms with van der Waals surface area (Å²) in [6, 6.07) is 7.19. The lowest BCUT2D eigenvalue weighted by Crippen LogP contribution is -3.00. The molecule has 0 aromatic heterocycles. The molecule has 4 rings (SSSR count). The number of rotatable bonds is 20. The van der Waals surface area contributed by atoms with E-state index in [0.717, 1.165) is 48.2 Å². The van der Waals surface area contributed by atoms with Crippen molar-refractivity contribution in [2.75, 3.05) is 26.4 Å². The van der Waals surface area contributed by atoms with E-state index in [1.165, 1.54) is 127 Å². The van der Waals surface area contributed by atoms with Gasteiger partial charge in [-0.05, 0) is 123 Å². The highest BCUT2D eigenvalue weighted by atomic mass is 79.9. The van der Waals surface area contributed by atoms with Crippen LogP contribution in [0.3, 0.4) is 0 Å². The zero-order chi connectivity index (χ0) is 31.8. The van der Waals surface area contributed by atoms with E-state index in [9.17, 15) is 5.11 Å². The number of ether oxygens (including phenoxy) is 1. The first-order chi connectivity index (χ1) is 22.1. The summed E-state index contributed by atoms with van der Waals surface area (Å²) in [5.74, 6) is 1.58. The first-order valence-corrected chi connectivity index (χ1v) is 23.3. The molecule has 1 aromatic rings. The number of unbranched alkanes of at least 4 members (excludes halogenated alkanes) is 5. The van der Waals surface area contributed by atoms with Crippen molar-refractivity contribution in [2.24, 2.45) is 0 Å². The van der Waals surface area contributed by atoms with Crippen LogP contribution in [0, 0.1) is 0 Å². The molecule has 3 saturated carbocycles. The van der Waals surface area contributed by atoms with Crippen molar-refractivity contribution in [1.29, 1.82) is 0 Å². The van der Waals surface area contributed by atoms with Crippen molar-refractivity contribution in [2.45, 2.75) is 179 Å². The lowest BCUT2D eigenvalue weighted by atomic mass is 9.99. The molecule has 5 nitrogen and oxygen atoms in total. The Kier molecular flexibility index (Phi) is 19.1. The normalized spacial score (nSPS) is 19.2. The standard InChI is InChI=1S/C38H67O5PSi.BrH/c1-4-41-45(42-5-2,43-6-3)31-21-10-8-7-9-20-30-40-37-29-28-33(39)32-38(37)44(34-22-14-11-15-23-34,35-24-16-12-17-25-35)36-26-18-13-19-27-36;/h28-29,32,34-36H,4-27,30-31H2,1-3H3;1H. The highest BCUT2D eigenvalue weighted by Crippen LogP contribution is 2.77. The molecule has 0 aliphatic heterocycles. The molecule has 0 bridgehead atoms. The average Bonchev–Trinajstić information content (AvgIpc) is 3.07. The first kappa shape index (κ1) is 40.3. The van der Waals surface area contributed by atoms with Crippen LogP contribution in [-0.2, 0) is 13.3 Å². The minimum absolute atomic E-state index is 0. The van der Waals surface area contributed by atoms with Gasteiger partial charge in [-0.15, -0.1) is 0 Å². The smallest absolute Gasteiger partial charge is 0.500 e. The molecular weight excluding hydrogens is 675 g/mol. The molecular formula is C38H68BrO5PSi. The lowest BCUT2D eigenvalue weighted by molar-refractivity contribution is -0.0000221. The Morgan fingerprint density at radius 1 is 0.630 bits per heavy atom. The van der Waals surface area contributed by atoms with Crippen molar-refractivity contribution in [3.63, 3.8) is 0 Å². The molecule has 0 spiro atoms. The molecule has 3 fully saturated rings. The number of phenols is 1. The van der Waals surface area contributed by atoms with E-state index in [0.29, 0.717) is 25.6 Å². The zero-order valence-electron chi connectivity index (χ0n) is 29.8. The Balaban J connectivity index is 0.00000576. The third-order valence-corrected chi connectivity index (χ3v) is 20.6. The SMILES string of the molecule is CCO[Si](CCCCCCCCOc1ccc(O)cc1[P+](C1CCCCC1)(C1CCCCC1)C1CCCCC1)(OCC)OCC.[Br-]. The van der Waals surface area contributed by atoms with Crippen LogP contribution >= 0.6 is 7.26 Å².